The summed E-state index contributed by atoms with van der Waals surface area (Å²) in [6, 6.07) is 0. The Morgan fingerprint density at radius 2 is 2.08 bits per heavy atom. The molecule has 0 amide bonds. The maximum Gasteiger partial charge on any atom is 0.333 e. The molecule has 4 heteroatoms. The quantitative estimate of drug-likeness (QED) is 0.648. The molecule has 0 aromatic carbocycles. The number of aliphatic carboxylic acids is 1. The maximum atomic E-state index is 10.9. The monoisotopic (exact) mass is 167 g/mol. The minimum absolute atomic E-state index is 0.121. The van der Waals surface area contributed by atoms with Crippen molar-refractivity contribution in [3.63, 3.8) is 0 Å². The first-order valence-electron chi connectivity index (χ1n) is 3.53. The fraction of sp³-hybridized carbons (Fsp3) is 0.375. The van der Waals surface area contributed by atoms with Gasteiger partial charge in [-0.2, -0.15) is 0 Å². The van der Waals surface area contributed by atoms with E-state index >= 15 is 0 Å². The van der Waals surface area contributed by atoms with Crippen LogP contribution in [-0.2, 0) is 9.59 Å². The van der Waals surface area contributed by atoms with E-state index in [0.29, 0.717) is 11.3 Å². The van der Waals surface area contributed by atoms with Crippen LogP contribution in [0.25, 0.3) is 0 Å². The number of allylic oxidation sites excluding steroid dienone is 1. The first-order chi connectivity index (χ1) is 5.54. The second kappa shape index (κ2) is 2.89. The van der Waals surface area contributed by atoms with Gasteiger partial charge < -0.3 is 5.11 Å². The van der Waals surface area contributed by atoms with Crippen LogP contribution in [0.4, 0.5) is 0 Å². The number of aliphatic imine (C=N–C) groups is 1. The van der Waals surface area contributed by atoms with Gasteiger partial charge in [0, 0.05) is 6.92 Å². The second-order valence-electron chi connectivity index (χ2n) is 2.63. The Kier molecular flexibility index (Phi) is 2.08. The lowest BCUT2D eigenvalue weighted by Crippen LogP contribution is -2.10. The van der Waals surface area contributed by atoms with Gasteiger partial charge >= 0.3 is 5.97 Å². The lowest BCUT2D eigenvalue weighted by atomic mass is 10.1. The molecule has 0 radical (unpaired) electrons. The number of rotatable bonds is 2. The largest absolute Gasteiger partial charge is 0.478 e. The van der Waals surface area contributed by atoms with Gasteiger partial charge in [0.25, 0.3) is 0 Å². The Morgan fingerprint density at radius 3 is 2.33 bits per heavy atom. The van der Waals surface area contributed by atoms with E-state index in [2.05, 4.69) is 4.99 Å². The number of Topliss-reactive ketones (excluding diaryl/α,β-unsaturated/α-hetero) is 1. The van der Waals surface area contributed by atoms with Gasteiger partial charge in [-0.1, -0.05) is 0 Å². The van der Waals surface area contributed by atoms with Crippen LogP contribution >= 0.6 is 0 Å². The zero-order chi connectivity index (χ0) is 9.30. The Labute approximate surface area is 69.6 Å². The number of carbonyl (C=O) groups is 2. The molecule has 1 aliphatic rings. The van der Waals surface area contributed by atoms with E-state index in [1.807, 2.05) is 0 Å². The predicted octanol–water partition coefficient (Wildman–Crippen LogP) is 0.431. The van der Waals surface area contributed by atoms with Gasteiger partial charge in [-0.15, -0.1) is 0 Å². The highest BCUT2D eigenvalue weighted by Crippen LogP contribution is 2.15. The Hall–Kier alpha value is -1.45. The highest BCUT2D eigenvalue weighted by molar-refractivity contribution is 6.46. The molecule has 0 saturated heterocycles. The molecule has 0 saturated carbocycles. The summed E-state index contributed by atoms with van der Waals surface area (Å²) in [5.41, 5.74) is 1.02. The average molecular weight is 167 g/mol. The molecular weight excluding hydrogens is 158 g/mol. The highest BCUT2D eigenvalue weighted by Gasteiger charge is 2.22. The maximum absolute atomic E-state index is 10.9. The first kappa shape index (κ1) is 8.64. The summed E-state index contributed by atoms with van der Waals surface area (Å²) in [4.78, 5) is 25.2. The molecule has 12 heavy (non-hydrogen) atoms. The molecule has 1 N–H and O–H groups in total. The summed E-state index contributed by atoms with van der Waals surface area (Å²) in [5.74, 6) is -1.17. The topological polar surface area (TPSA) is 66.7 Å². The van der Waals surface area contributed by atoms with Crippen LogP contribution in [0.3, 0.4) is 0 Å². The van der Waals surface area contributed by atoms with E-state index in [-0.39, 0.29) is 17.9 Å². The van der Waals surface area contributed by atoms with Crippen LogP contribution in [0.5, 0.6) is 0 Å². The van der Waals surface area contributed by atoms with E-state index in [1.54, 1.807) is 6.92 Å². The standard InChI is InChI=1S/C8H9NO3/c1-4-6(8(11)12)3-9-7(4)5(2)10/h3H2,1-2H3,(H,11,12). The van der Waals surface area contributed by atoms with Crippen LogP contribution < -0.4 is 0 Å². The summed E-state index contributed by atoms with van der Waals surface area (Å²) in [5, 5.41) is 8.64. The van der Waals surface area contributed by atoms with Crippen molar-refractivity contribution in [1.29, 1.82) is 0 Å². The van der Waals surface area contributed by atoms with E-state index in [4.69, 9.17) is 5.11 Å². The van der Waals surface area contributed by atoms with Crippen LogP contribution in [-0.4, -0.2) is 29.1 Å². The Balaban J connectivity index is 3.01. The molecule has 1 heterocycles. The fourth-order valence-electron chi connectivity index (χ4n) is 1.14. The molecular formula is C8H9NO3. The summed E-state index contributed by atoms with van der Waals surface area (Å²) in [7, 11) is 0. The fourth-order valence-corrected chi connectivity index (χ4v) is 1.14. The van der Waals surface area contributed by atoms with Gasteiger partial charge in [0.15, 0.2) is 5.78 Å². The molecule has 0 unspecified atom stereocenters. The number of hydrogen-bond donors (Lipinski definition) is 1. The minimum atomic E-state index is -0.993. The predicted molar refractivity (Wildman–Crippen MR) is 43.3 cm³/mol. The molecule has 4 nitrogen and oxygen atoms in total. The molecule has 0 fully saturated rings. The summed E-state index contributed by atoms with van der Waals surface area (Å²) in [6.45, 7) is 3.11. The molecule has 0 atom stereocenters. The second-order valence-corrected chi connectivity index (χ2v) is 2.63. The van der Waals surface area contributed by atoms with Crippen LogP contribution in [0.1, 0.15) is 13.8 Å². The van der Waals surface area contributed by atoms with Gasteiger partial charge in [0.05, 0.1) is 12.1 Å². The van der Waals surface area contributed by atoms with Crippen molar-refractivity contribution < 1.29 is 14.7 Å². The number of ketones is 1. The highest BCUT2D eigenvalue weighted by atomic mass is 16.4. The van der Waals surface area contributed by atoms with E-state index < -0.39 is 5.97 Å². The Morgan fingerprint density at radius 1 is 1.50 bits per heavy atom. The SMILES string of the molecule is CC(=O)C1=NCC(C(=O)O)=C1C. The lowest BCUT2D eigenvalue weighted by Gasteiger charge is -1.96. The van der Waals surface area contributed by atoms with Crippen molar-refractivity contribution in [3.8, 4) is 0 Å². The van der Waals surface area contributed by atoms with Crippen LogP contribution in [0.2, 0.25) is 0 Å². The minimum Gasteiger partial charge on any atom is -0.478 e. The zero-order valence-electron chi connectivity index (χ0n) is 6.92. The van der Waals surface area contributed by atoms with Crippen LogP contribution in [0, 0.1) is 0 Å². The van der Waals surface area contributed by atoms with Gasteiger partial charge in [-0.05, 0) is 12.5 Å². The number of nitrogens with zero attached hydrogens (tertiary/aromatic N) is 1. The molecule has 1 aliphatic heterocycles. The third-order valence-corrected chi connectivity index (χ3v) is 1.79. The van der Waals surface area contributed by atoms with E-state index in [1.165, 1.54) is 6.92 Å². The molecule has 0 aliphatic carbocycles. The zero-order valence-corrected chi connectivity index (χ0v) is 6.92. The summed E-state index contributed by atoms with van der Waals surface area (Å²) >= 11 is 0. The molecule has 0 bridgehead atoms. The van der Waals surface area contributed by atoms with Crippen molar-refractivity contribution in [2.75, 3.05) is 6.54 Å². The smallest absolute Gasteiger partial charge is 0.333 e. The van der Waals surface area contributed by atoms with Crippen molar-refractivity contribution in [1.82, 2.24) is 0 Å². The number of hydrogen-bond acceptors (Lipinski definition) is 3. The van der Waals surface area contributed by atoms with Crippen molar-refractivity contribution in [2.24, 2.45) is 4.99 Å². The van der Waals surface area contributed by atoms with Gasteiger partial charge in [-0.3, -0.25) is 9.79 Å². The Bertz CT molecular complexity index is 295. The third kappa shape index (κ3) is 1.28. The summed E-state index contributed by atoms with van der Waals surface area (Å²) in [6.07, 6.45) is 0. The van der Waals surface area contributed by atoms with Crippen LogP contribution in [0.15, 0.2) is 16.1 Å². The summed E-state index contributed by atoms with van der Waals surface area (Å²) < 4.78 is 0. The van der Waals surface area contributed by atoms with Crippen molar-refractivity contribution >= 4 is 17.5 Å². The van der Waals surface area contributed by atoms with Crippen molar-refractivity contribution in [2.45, 2.75) is 13.8 Å². The molecule has 0 aromatic rings. The average Bonchev–Trinajstić information content (AvgIpc) is 2.30. The third-order valence-electron chi connectivity index (χ3n) is 1.79. The van der Waals surface area contributed by atoms with E-state index in [0.717, 1.165) is 0 Å². The van der Waals surface area contributed by atoms with Gasteiger partial charge in [-0.25, -0.2) is 4.79 Å². The number of carbonyl (C=O) groups excluding carboxylic acids is 1. The first-order valence-corrected chi connectivity index (χ1v) is 3.53. The normalized spacial score (nSPS) is 16.3. The molecule has 0 spiro atoms. The van der Waals surface area contributed by atoms with Crippen molar-refractivity contribution in [3.05, 3.63) is 11.1 Å². The molecule has 0 aromatic heterocycles. The molecule has 1 rings (SSSR count). The lowest BCUT2D eigenvalue weighted by molar-refractivity contribution is -0.132. The number of carboxylic acid groups (broad SMARTS) is 1. The number of carboxylic acids is 1. The van der Waals surface area contributed by atoms with Gasteiger partial charge in [0.2, 0.25) is 0 Å². The molecule has 64 valence electrons. The van der Waals surface area contributed by atoms with E-state index in [9.17, 15) is 9.59 Å². The van der Waals surface area contributed by atoms with Gasteiger partial charge in [0.1, 0.15) is 5.71 Å².